The quantitative estimate of drug-likeness (QED) is 0.297. The molecular formula is C24H23FN4O3S2. The van der Waals surface area contributed by atoms with Crippen LogP contribution in [0.15, 0.2) is 63.3 Å². The van der Waals surface area contributed by atoms with E-state index in [1.165, 1.54) is 44.4 Å². The molecule has 4 rings (SSSR count). The van der Waals surface area contributed by atoms with E-state index in [-0.39, 0.29) is 5.97 Å². The number of amidine groups is 2. The van der Waals surface area contributed by atoms with E-state index in [1.807, 2.05) is 40.9 Å². The maximum atomic E-state index is 13.7. The fourth-order valence-corrected chi connectivity index (χ4v) is 4.66. The highest BCUT2D eigenvalue weighted by atomic mass is 32.2. The second-order valence-corrected chi connectivity index (χ2v) is 9.56. The van der Waals surface area contributed by atoms with Gasteiger partial charge >= 0.3 is 5.97 Å². The van der Waals surface area contributed by atoms with Gasteiger partial charge in [-0.05, 0) is 48.9 Å². The van der Waals surface area contributed by atoms with Crippen molar-refractivity contribution in [1.82, 2.24) is 9.29 Å². The third kappa shape index (κ3) is 5.81. The Labute approximate surface area is 205 Å². The molecule has 1 aliphatic heterocycles. The lowest BCUT2D eigenvalue weighted by Gasteiger charge is -2.23. The highest BCUT2D eigenvalue weighted by Gasteiger charge is 2.20. The molecule has 0 atom stereocenters. The van der Waals surface area contributed by atoms with Crippen LogP contribution in [0, 0.1) is 0 Å². The number of aliphatic imine (C=N–C) groups is 1. The first kappa shape index (κ1) is 23.9. The predicted molar refractivity (Wildman–Crippen MR) is 134 cm³/mol. The number of aromatic nitrogens is 1. The average Bonchev–Trinajstić information content (AvgIpc) is 3.30. The highest BCUT2D eigenvalue weighted by Crippen LogP contribution is 2.29. The SMILES string of the molecule is COC(=O)c1cccc(CN2SN=C(c3nc(-c4ccc(OC(C)(C)F)cc4)cs3)N=C2C)c1. The molecule has 0 amide bonds. The van der Waals surface area contributed by atoms with Crippen LogP contribution >= 0.6 is 23.5 Å². The zero-order valence-corrected chi connectivity index (χ0v) is 20.7. The topological polar surface area (TPSA) is 76.4 Å². The molecule has 3 aromatic rings. The molecule has 0 fully saturated rings. The number of benzene rings is 2. The molecule has 7 nitrogen and oxygen atoms in total. The number of hydrogen-bond donors (Lipinski definition) is 0. The smallest absolute Gasteiger partial charge is 0.337 e. The number of thiazole rings is 1. The van der Waals surface area contributed by atoms with Crippen LogP contribution in [0.2, 0.25) is 0 Å². The molecular weight excluding hydrogens is 475 g/mol. The van der Waals surface area contributed by atoms with Gasteiger partial charge in [-0.25, -0.2) is 14.8 Å². The summed E-state index contributed by atoms with van der Waals surface area (Å²) in [6, 6.07) is 14.4. The summed E-state index contributed by atoms with van der Waals surface area (Å²) in [5, 5.41) is 2.65. The van der Waals surface area contributed by atoms with Crippen LogP contribution in [-0.2, 0) is 11.3 Å². The van der Waals surface area contributed by atoms with E-state index in [9.17, 15) is 9.18 Å². The number of carbonyl (C=O) groups excluding carboxylic acids is 1. The molecule has 0 saturated heterocycles. The largest absolute Gasteiger partial charge is 0.465 e. The molecule has 34 heavy (non-hydrogen) atoms. The number of hydrogen-bond acceptors (Lipinski definition) is 9. The van der Waals surface area contributed by atoms with Crippen LogP contribution in [0.3, 0.4) is 0 Å². The number of alkyl halides is 1. The van der Waals surface area contributed by atoms with Gasteiger partial charge < -0.3 is 9.47 Å². The normalized spacial score (nSPS) is 13.9. The molecule has 0 aliphatic carbocycles. The van der Waals surface area contributed by atoms with Gasteiger partial charge in [-0.1, -0.05) is 12.1 Å². The highest BCUT2D eigenvalue weighted by molar-refractivity contribution is 7.96. The van der Waals surface area contributed by atoms with E-state index < -0.39 is 5.85 Å². The van der Waals surface area contributed by atoms with Gasteiger partial charge in [0.2, 0.25) is 5.85 Å². The Kier molecular flexibility index (Phi) is 6.99. The monoisotopic (exact) mass is 498 g/mol. The number of nitrogens with zero attached hydrogens (tertiary/aromatic N) is 4. The van der Waals surface area contributed by atoms with Crippen molar-refractivity contribution in [2.45, 2.75) is 33.2 Å². The minimum atomic E-state index is -1.74. The Morgan fingerprint density at radius 2 is 1.94 bits per heavy atom. The minimum Gasteiger partial charge on any atom is -0.465 e. The van der Waals surface area contributed by atoms with Gasteiger partial charge in [0, 0.05) is 24.8 Å². The van der Waals surface area contributed by atoms with E-state index in [1.54, 1.807) is 24.3 Å². The number of methoxy groups -OCH3 is 1. The summed E-state index contributed by atoms with van der Waals surface area (Å²) < 4.78 is 30.2. The van der Waals surface area contributed by atoms with Gasteiger partial charge in [0.25, 0.3) is 0 Å². The van der Waals surface area contributed by atoms with Gasteiger partial charge in [-0.2, -0.15) is 8.79 Å². The third-order valence-electron chi connectivity index (χ3n) is 4.73. The third-order valence-corrected chi connectivity index (χ3v) is 6.42. The van der Waals surface area contributed by atoms with Crippen molar-refractivity contribution in [2.75, 3.05) is 7.11 Å². The number of rotatable bonds is 7. The molecule has 1 aromatic heterocycles. The molecule has 0 unspecified atom stereocenters. The molecule has 2 heterocycles. The molecule has 176 valence electrons. The summed E-state index contributed by atoms with van der Waals surface area (Å²) in [4.78, 5) is 21.1. The molecule has 0 bridgehead atoms. The van der Waals surface area contributed by atoms with Crippen LogP contribution in [0.4, 0.5) is 4.39 Å². The first-order chi connectivity index (χ1) is 16.2. The molecule has 2 aromatic carbocycles. The molecule has 10 heteroatoms. The van der Waals surface area contributed by atoms with E-state index >= 15 is 0 Å². The van der Waals surface area contributed by atoms with Crippen LogP contribution < -0.4 is 4.74 Å². The number of esters is 1. The maximum absolute atomic E-state index is 13.7. The number of carbonyl (C=O) groups is 1. The van der Waals surface area contributed by atoms with Gasteiger partial charge in [0.1, 0.15) is 11.6 Å². The van der Waals surface area contributed by atoms with Crippen molar-refractivity contribution >= 4 is 41.1 Å². The van der Waals surface area contributed by atoms with Crippen molar-refractivity contribution in [1.29, 1.82) is 0 Å². The minimum absolute atomic E-state index is 0.369. The molecule has 0 radical (unpaired) electrons. The number of halogens is 1. The van der Waals surface area contributed by atoms with Crippen LogP contribution in [0.25, 0.3) is 11.3 Å². The van der Waals surface area contributed by atoms with Crippen molar-refractivity contribution < 1.29 is 18.7 Å². The van der Waals surface area contributed by atoms with E-state index in [0.717, 1.165) is 22.7 Å². The fourth-order valence-electron chi connectivity index (χ4n) is 3.17. The lowest BCUT2D eigenvalue weighted by atomic mass is 10.1. The zero-order valence-electron chi connectivity index (χ0n) is 19.1. The van der Waals surface area contributed by atoms with Crippen molar-refractivity contribution in [3.05, 3.63) is 70.0 Å². The van der Waals surface area contributed by atoms with Crippen molar-refractivity contribution in [3.63, 3.8) is 0 Å². The maximum Gasteiger partial charge on any atom is 0.337 e. The van der Waals surface area contributed by atoms with Crippen LogP contribution in [-0.4, -0.2) is 39.9 Å². The van der Waals surface area contributed by atoms with Gasteiger partial charge in [-0.15, -0.1) is 11.3 Å². The second kappa shape index (κ2) is 9.94. The van der Waals surface area contributed by atoms with E-state index in [2.05, 4.69) is 14.4 Å². The Morgan fingerprint density at radius 1 is 1.18 bits per heavy atom. The van der Waals surface area contributed by atoms with Crippen molar-refractivity contribution in [2.24, 2.45) is 9.39 Å². The van der Waals surface area contributed by atoms with Gasteiger partial charge in [0.05, 0.1) is 37.0 Å². The first-order valence-corrected chi connectivity index (χ1v) is 12.0. The fraction of sp³-hybridized carbons (Fsp3) is 0.250. The molecule has 0 N–H and O–H groups in total. The summed E-state index contributed by atoms with van der Waals surface area (Å²) in [5.41, 5.74) is 3.13. The lowest BCUT2D eigenvalue weighted by Crippen LogP contribution is -2.25. The van der Waals surface area contributed by atoms with Crippen LogP contribution in [0.1, 0.15) is 41.7 Å². The van der Waals surface area contributed by atoms with E-state index in [0.29, 0.717) is 28.7 Å². The Hall–Kier alpha value is -3.24. The van der Waals surface area contributed by atoms with Crippen LogP contribution in [0.5, 0.6) is 5.75 Å². The predicted octanol–water partition coefficient (Wildman–Crippen LogP) is 5.93. The number of ether oxygens (including phenoxy) is 2. The van der Waals surface area contributed by atoms with Gasteiger partial charge in [0.15, 0.2) is 10.8 Å². The van der Waals surface area contributed by atoms with Crippen molar-refractivity contribution in [3.8, 4) is 17.0 Å². The Morgan fingerprint density at radius 3 is 2.62 bits per heavy atom. The first-order valence-electron chi connectivity index (χ1n) is 10.4. The summed E-state index contributed by atoms with van der Waals surface area (Å²) in [5.74, 6) is -0.313. The second-order valence-electron chi connectivity index (χ2n) is 7.91. The molecule has 0 spiro atoms. The van der Waals surface area contributed by atoms with Gasteiger partial charge in [-0.3, -0.25) is 4.31 Å². The summed E-state index contributed by atoms with van der Waals surface area (Å²) in [6.45, 7) is 5.17. The standard InChI is InChI=1S/C24H23FN4O3S2/c1-15-26-21(28-34-29(15)13-16-6-5-7-18(12-16)23(30)31-4)22-27-20(14-33-22)17-8-10-19(11-9-17)32-24(2,3)25/h5-12,14H,13H2,1-4H3. The average molecular weight is 499 g/mol. The summed E-state index contributed by atoms with van der Waals surface area (Å²) in [6.07, 6.45) is 0. The summed E-state index contributed by atoms with van der Waals surface area (Å²) >= 11 is 2.75. The summed E-state index contributed by atoms with van der Waals surface area (Å²) in [7, 11) is 1.36. The lowest BCUT2D eigenvalue weighted by molar-refractivity contribution is -0.0257. The molecule has 0 saturated carbocycles. The Balaban J connectivity index is 1.44. The molecule has 1 aliphatic rings. The zero-order chi connectivity index (χ0) is 24.3. The van der Waals surface area contributed by atoms with E-state index in [4.69, 9.17) is 9.47 Å². The Bertz CT molecular complexity index is 1250.